The molecule has 0 fully saturated rings. The maximum absolute atomic E-state index is 11.8. The van der Waals surface area contributed by atoms with Gasteiger partial charge in [0.25, 0.3) is 5.91 Å². The van der Waals surface area contributed by atoms with Crippen LogP contribution in [0.1, 0.15) is 23.7 Å². The topological polar surface area (TPSA) is 78.8 Å². The zero-order chi connectivity index (χ0) is 12.8. The third-order valence-electron chi connectivity index (χ3n) is 2.51. The van der Waals surface area contributed by atoms with E-state index in [0.717, 1.165) is 0 Å². The number of phenols is 1. The summed E-state index contributed by atoms with van der Waals surface area (Å²) in [7, 11) is 1.42. The van der Waals surface area contributed by atoms with Crippen LogP contribution in [0, 0.1) is 0 Å². The molecule has 0 saturated carbocycles. The van der Waals surface area contributed by atoms with Gasteiger partial charge in [-0.2, -0.15) is 0 Å². The SMILES string of the molecule is CCC(CO)NC(=O)c1cccc(OC)c1O. The average Bonchev–Trinajstić information content (AvgIpc) is 2.35. The molecule has 1 amide bonds. The van der Waals surface area contributed by atoms with Crippen molar-refractivity contribution in [3.63, 3.8) is 0 Å². The Bertz CT molecular complexity index is 388. The summed E-state index contributed by atoms with van der Waals surface area (Å²) in [5.74, 6) is -0.378. The van der Waals surface area contributed by atoms with Gasteiger partial charge in [-0.3, -0.25) is 4.79 Å². The number of aliphatic hydroxyl groups excluding tert-OH is 1. The third kappa shape index (κ3) is 3.10. The van der Waals surface area contributed by atoms with Gasteiger partial charge in [-0.1, -0.05) is 13.0 Å². The van der Waals surface area contributed by atoms with Crippen LogP contribution in [-0.4, -0.2) is 35.9 Å². The Labute approximate surface area is 100 Å². The molecule has 5 heteroatoms. The largest absolute Gasteiger partial charge is 0.504 e. The maximum atomic E-state index is 11.8. The minimum atomic E-state index is -0.428. The summed E-state index contributed by atoms with van der Waals surface area (Å²) in [6.07, 6.45) is 0.618. The monoisotopic (exact) mass is 239 g/mol. The van der Waals surface area contributed by atoms with E-state index in [4.69, 9.17) is 9.84 Å². The normalized spacial score (nSPS) is 11.9. The van der Waals surface area contributed by atoms with E-state index < -0.39 is 5.91 Å². The molecule has 0 aliphatic carbocycles. The fourth-order valence-electron chi connectivity index (χ4n) is 1.41. The Morgan fingerprint density at radius 2 is 2.24 bits per heavy atom. The third-order valence-corrected chi connectivity index (χ3v) is 2.51. The summed E-state index contributed by atoms with van der Waals surface area (Å²) in [6.45, 7) is 1.72. The molecule has 0 aromatic heterocycles. The van der Waals surface area contributed by atoms with E-state index in [9.17, 15) is 9.90 Å². The smallest absolute Gasteiger partial charge is 0.255 e. The Hall–Kier alpha value is -1.75. The molecule has 1 unspecified atom stereocenters. The van der Waals surface area contributed by atoms with Gasteiger partial charge in [-0.05, 0) is 18.6 Å². The van der Waals surface area contributed by atoms with Crippen LogP contribution in [0.3, 0.4) is 0 Å². The molecule has 0 radical (unpaired) electrons. The van der Waals surface area contributed by atoms with Crippen LogP contribution in [-0.2, 0) is 0 Å². The van der Waals surface area contributed by atoms with E-state index in [2.05, 4.69) is 5.32 Å². The molecule has 0 spiro atoms. The van der Waals surface area contributed by atoms with Gasteiger partial charge in [0.15, 0.2) is 11.5 Å². The van der Waals surface area contributed by atoms with Gasteiger partial charge in [0, 0.05) is 0 Å². The molecule has 0 aliphatic heterocycles. The fourth-order valence-corrected chi connectivity index (χ4v) is 1.41. The van der Waals surface area contributed by atoms with Crippen LogP contribution >= 0.6 is 0 Å². The Balaban J connectivity index is 2.89. The molecular formula is C12H17NO4. The summed E-state index contributed by atoms with van der Waals surface area (Å²) < 4.78 is 4.91. The van der Waals surface area contributed by atoms with Crippen molar-refractivity contribution in [1.82, 2.24) is 5.32 Å². The Morgan fingerprint density at radius 1 is 1.53 bits per heavy atom. The molecule has 0 aliphatic rings. The van der Waals surface area contributed by atoms with Crippen molar-refractivity contribution in [2.24, 2.45) is 0 Å². The first-order chi connectivity index (χ1) is 8.13. The first-order valence-electron chi connectivity index (χ1n) is 5.41. The number of aliphatic hydroxyl groups is 1. The van der Waals surface area contributed by atoms with Crippen molar-refractivity contribution < 1.29 is 19.7 Å². The van der Waals surface area contributed by atoms with Gasteiger partial charge in [0.1, 0.15) is 0 Å². The molecular weight excluding hydrogens is 222 g/mol. The number of rotatable bonds is 5. The number of nitrogens with one attached hydrogen (secondary N) is 1. The van der Waals surface area contributed by atoms with E-state index in [0.29, 0.717) is 6.42 Å². The number of aromatic hydroxyl groups is 1. The first-order valence-corrected chi connectivity index (χ1v) is 5.41. The standard InChI is InChI=1S/C12H17NO4/c1-3-8(7-14)13-12(16)9-5-4-6-10(17-2)11(9)15/h4-6,8,14-15H,3,7H2,1-2H3,(H,13,16). The van der Waals surface area contributed by atoms with Gasteiger partial charge in [-0.15, -0.1) is 0 Å². The lowest BCUT2D eigenvalue weighted by Crippen LogP contribution is -2.36. The van der Waals surface area contributed by atoms with Crippen LogP contribution in [0.4, 0.5) is 0 Å². The van der Waals surface area contributed by atoms with E-state index in [1.165, 1.54) is 13.2 Å². The lowest BCUT2D eigenvalue weighted by Gasteiger charge is -2.15. The molecule has 3 N–H and O–H groups in total. The zero-order valence-electron chi connectivity index (χ0n) is 9.93. The second kappa shape index (κ2) is 6.10. The van der Waals surface area contributed by atoms with Gasteiger partial charge < -0.3 is 20.3 Å². The Morgan fingerprint density at radius 3 is 2.76 bits per heavy atom. The number of amides is 1. The molecule has 5 nitrogen and oxygen atoms in total. The molecule has 0 heterocycles. The number of benzene rings is 1. The second-order valence-electron chi connectivity index (χ2n) is 3.62. The number of hydrogen-bond donors (Lipinski definition) is 3. The molecule has 1 rings (SSSR count). The second-order valence-corrected chi connectivity index (χ2v) is 3.62. The van der Waals surface area contributed by atoms with Gasteiger partial charge in [-0.25, -0.2) is 0 Å². The minimum absolute atomic E-state index is 0.132. The molecule has 0 saturated heterocycles. The van der Waals surface area contributed by atoms with Crippen molar-refractivity contribution in [1.29, 1.82) is 0 Å². The predicted octanol–water partition coefficient (Wildman–Crippen LogP) is 0.902. The highest BCUT2D eigenvalue weighted by molar-refractivity contribution is 5.97. The average molecular weight is 239 g/mol. The molecule has 1 aromatic carbocycles. The fraction of sp³-hybridized carbons (Fsp3) is 0.417. The van der Waals surface area contributed by atoms with Gasteiger partial charge in [0.05, 0.1) is 25.3 Å². The van der Waals surface area contributed by atoms with Crippen LogP contribution in [0.5, 0.6) is 11.5 Å². The first kappa shape index (κ1) is 13.3. The number of ether oxygens (including phenoxy) is 1. The minimum Gasteiger partial charge on any atom is -0.504 e. The molecule has 1 atom stereocenters. The molecule has 94 valence electrons. The highest BCUT2D eigenvalue weighted by Crippen LogP contribution is 2.29. The number of methoxy groups -OCH3 is 1. The number of carbonyl (C=O) groups excluding carboxylic acids is 1. The van der Waals surface area contributed by atoms with Crippen LogP contribution in [0.2, 0.25) is 0 Å². The Kier molecular flexibility index (Phi) is 4.78. The summed E-state index contributed by atoms with van der Waals surface area (Å²) in [4.78, 5) is 11.8. The number of carbonyl (C=O) groups is 1. The van der Waals surface area contributed by atoms with Crippen molar-refractivity contribution in [3.8, 4) is 11.5 Å². The molecule has 1 aromatic rings. The quantitative estimate of drug-likeness (QED) is 0.713. The van der Waals surface area contributed by atoms with Crippen molar-refractivity contribution in [2.75, 3.05) is 13.7 Å². The summed E-state index contributed by atoms with van der Waals surface area (Å²) >= 11 is 0. The summed E-state index contributed by atoms with van der Waals surface area (Å²) in [5, 5.41) is 21.4. The van der Waals surface area contributed by atoms with E-state index in [1.807, 2.05) is 6.92 Å². The summed E-state index contributed by atoms with van der Waals surface area (Å²) in [5.41, 5.74) is 0.135. The number of phenolic OH excluding ortho intramolecular Hbond substituents is 1. The lowest BCUT2D eigenvalue weighted by atomic mass is 10.1. The highest BCUT2D eigenvalue weighted by Gasteiger charge is 2.17. The van der Waals surface area contributed by atoms with Crippen LogP contribution in [0.25, 0.3) is 0 Å². The zero-order valence-corrected chi connectivity index (χ0v) is 9.93. The van der Waals surface area contributed by atoms with E-state index in [1.54, 1.807) is 12.1 Å². The number of hydrogen-bond acceptors (Lipinski definition) is 4. The van der Waals surface area contributed by atoms with Gasteiger partial charge in [0.2, 0.25) is 0 Å². The van der Waals surface area contributed by atoms with E-state index >= 15 is 0 Å². The van der Waals surface area contributed by atoms with Crippen LogP contribution < -0.4 is 10.1 Å². The van der Waals surface area contributed by atoms with Crippen molar-refractivity contribution >= 4 is 5.91 Å². The highest BCUT2D eigenvalue weighted by atomic mass is 16.5. The predicted molar refractivity (Wildman–Crippen MR) is 63.3 cm³/mol. The number of para-hydroxylation sites is 1. The summed E-state index contributed by atoms with van der Waals surface area (Å²) in [6, 6.07) is 4.37. The maximum Gasteiger partial charge on any atom is 0.255 e. The lowest BCUT2D eigenvalue weighted by molar-refractivity contribution is 0.0911. The van der Waals surface area contributed by atoms with Gasteiger partial charge >= 0.3 is 0 Å². The molecule has 0 bridgehead atoms. The molecule has 17 heavy (non-hydrogen) atoms. The van der Waals surface area contributed by atoms with E-state index in [-0.39, 0.29) is 29.7 Å². The van der Waals surface area contributed by atoms with Crippen molar-refractivity contribution in [3.05, 3.63) is 23.8 Å². The van der Waals surface area contributed by atoms with Crippen molar-refractivity contribution in [2.45, 2.75) is 19.4 Å². The van der Waals surface area contributed by atoms with Crippen LogP contribution in [0.15, 0.2) is 18.2 Å².